The van der Waals surface area contributed by atoms with E-state index < -0.39 is 5.60 Å². The van der Waals surface area contributed by atoms with Crippen molar-refractivity contribution in [2.75, 3.05) is 25.9 Å². The largest absolute Gasteiger partial charge is 0.495 e. The first-order valence-corrected chi connectivity index (χ1v) is 7.92. The Kier molecular flexibility index (Phi) is 5.21. The van der Waals surface area contributed by atoms with Crippen molar-refractivity contribution >= 4 is 17.7 Å². The lowest BCUT2D eigenvalue weighted by Crippen LogP contribution is -2.40. The van der Waals surface area contributed by atoms with Crippen molar-refractivity contribution in [2.24, 2.45) is 0 Å². The molecule has 2 rings (SSSR count). The second-order valence-corrected chi connectivity index (χ2v) is 6.84. The maximum absolute atomic E-state index is 12.3. The summed E-state index contributed by atoms with van der Waals surface area (Å²) in [7, 11) is 1.52. The van der Waals surface area contributed by atoms with Gasteiger partial charge in [0.15, 0.2) is 0 Å². The van der Waals surface area contributed by atoms with Crippen LogP contribution in [0, 0.1) is 0 Å². The summed E-state index contributed by atoms with van der Waals surface area (Å²) in [5.74, 6) is 0.309. The zero-order chi connectivity index (χ0) is 17.9. The third-order valence-corrected chi connectivity index (χ3v) is 3.67. The van der Waals surface area contributed by atoms with Crippen molar-refractivity contribution in [3.05, 3.63) is 23.8 Å². The molecule has 1 heterocycles. The molecular weight excluding hydrogens is 310 g/mol. The molecule has 0 saturated carbocycles. The number of anilines is 1. The molecule has 1 saturated heterocycles. The van der Waals surface area contributed by atoms with Crippen molar-refractivity contribution in [1.29, 1.82) is 0 Å². The summed E-state index contributed by atoms with van der Waals surface area (Å²) in [5, 5.41) is 2.92. The highest BCUT2D eigenvalue weighted by Gasteiger charge is 2.30. The number of carbonyl (C=O) groups excluding carboxylic acids is 2. The molecule has 1 atom stereocenters. The molecule has 2 amide bonds. The van der Waals surface area contributed by atoms with E-state index in [-0.39, 0.29) is 18.0 Å². The molecule has 1 aromatic rings. The molecule has 0 spiro atoms. The molecule has 3 N–H and O–H groups in total. The Balaban J connectivity index is 1.92. The van der Waals surface area contributed by atoms with Crippen LogP contribution in [0.15, 0.2) is 18.2 Å². The Morgan fingerprint density at radius 2 is 2.04 bits per heavy atom. The van der Waals surface area contributed by atoms with Crippen LogP contribution >= 0.6 is 0 Å². The molecule has 1 aliphatic rings. The minimum absolute atomic E-state index is 0.103. The number of carbonyl (C=O) groups is 2. The fourth-order valence-electron chi connectivity index (χ4n) is 2.51. The fraction of sp³-hybridized carbons (Fsp3) is 0.529. The average molecular weight is 335 g/mol. The van der Waals surface area contributed by atoms with Gasteiger partial charge in [-0.1, -0.05) is 0 Å². The minimum atomic E-state index is -0.529. The van der Waals surface area contributed by atoms with Crippen LogP contribution in [0.4, 0.5) is 10.5 Å². The number of nitrogens with two attached hydrogens (primary N) is 1. The number of likely N-dealkylation sites (tertiary alicyclic amines) is 1. The maximum Gasteiger partial charge on any atom is 0.410 e. The smallest absolute Gasteiger partial charge is 0.410 e. The average Bonchev–Trinajstić information content (AvgIpc) is 2.94. The van der Waals surface area contributed by atoms with Crippen LogP contribution in [0.2, 0.25) is 0 Å². The van der Waals surface area contributed by atoms with Crippen LogP contribution in [0.3, 0.4) is 0 Å². The molecule has 7 heteroatoms. The zero-order valence-corrected chi connectivity index (χ0v) is 14.6. The molecule has 0 radical (unpaired) electrons. The molecule has 1 aliphatic heterocycles. The van der Waals surface area contributed by atoms with E-state index >= 15 is 0 Å². The number of nitrogens with one attached hydrogen (secondary N) is 1. The summed E-state index contributed by atoms with van der Waals surface area (Å²) in [6, 6.07) is 4.79. The summed E-state index contributed by atoms with van der Waals surface area (Å²) in [6.07, 6.45) is 0.337. The quantitative estimate of drug-likeness (QED) is 0.824. The molecule has 1 fully saturated rings. The second-order valence-electron chi connectivity index (χ2n) is 6.84. The molecule has 1 aromatic carbocycles. The zero-order valence-electron chi connectivity index (χ0n) is 14.6. The Morgan fingerprint density at radius 3 is 2.62 bits per heavy atom. The highest BCUT2D eigenvalue weighted by Crippen LogP contribution is 2.22. The number of nitrogen functional groups attached to an aromatic ring is 1. The molecular formula is C17H25N3O4. The summed E-state index contributed by atoms with van der Waals surface area (Å²) in [4.78, 5) is 26.0. The SMILES string of the molecule is COc1ccc(C(=O)NC2CCN(C(=O)OC(C)(C)C)C2)cc1N. The van der Waals surface area contributed by atoms with Gasteiger partial charge in [0.25, 0.3) is 5.91 Å². The van der Waals surface area contributed by atoms with Crippen molar-refractivity contribution in [3.8, 4) is 5.75 Å². The van der Waals surface area contributed by atoms with Crippen molar-refractivity contribution < 1.29 is 19.1 Å². The predicted molar refractivity (Wildman–Crippen MR) is 91.1 cm³/mol. The Hall–Kier alpha value is -2.44. The van der Waals surface area contributed by atoms with Gasteiger partial charge in [-0.05, 0) is 45.4 Å². The first-order valence-electron chi connectivity index (χ1n) is 7.92. The third-order valence-electron chi connectivity index (χ3n) is 3.67. The Labute approximate surface area is 142 Å². The van der Waals surface area contributed by atoms with E-state index in [0.29, 0.717) is 36.5 Å². The molecule has 132 valence electrons. The highest BCUT2D eigenvalue weighted by atomic mass is 16.6. The molecule has 0 aromatic heterocycles. The van der Waals surface area contributed by atoms with Gasteiger partial charge in [-0.3, -0.25) is 4.79 Å². The second kappa shape index (κ2) is 6.98. The number of amides is 2. The number of methoxy groups -OCH3 is 1. The summed E-state index contributed by atoms with van der Waals surface area (Å²) in [6.45, 7) is 6.48. The number of hydrogen-bond acceptors (Lipinski definition) is 5. The van der Waals surface area contributed by atoms with Crippen LogP contribution in [0.25, 0.3) is 0 Å². The van der Waals surface area contributed by atoms with Gasteiger partial charge in [-0.2, -0.15) is 0 Å². The Bertz CT molecular complexity index is 625. The van der Waals surface area contributed by atoms with E-state index in [2.05, 4.69) is 5.32 Å². The first-order chi connectivity index (χ1) is 11.2. The summed E-state index contributed by atoms with van der Waals surface area (Å²) < 4.78 is 10.4. The minimum Gasteiger partial charge on any atom is -0.495 e. The molecule has 0 aliphatic carbocycles. The molecule has 0 bridgehead atoms. The first kappa shape index (κ1) is 17.9. The fourth-order valence-corrected chi connectivity index (χ4v) is 2.51. The normalized spacial score (nSPS) is 17.5. The van der Waals surface area contributed by atoms with Crippen molar-refractivity contribution in [2.45, 2.75) is 38.8 Å². The molecule has 1 unspecified atom stereocenters. The molecule has 7 nitrogen and oxygen atoms in total. The van der Waals surface area contributed by atoms with Gasteiger partial charge in [0.1, 0.15) is 11.4 Å². The van der Waals surface area contributed by atoms with Crippen molar-refractivity contribution in [1.82, 2.24) is 10.2 Å². The van der Waals surface area contributed by atoms with Gasteiger partial charge in [0.05, 0.1) is 12.8 Å². The van der Waals surface area contributed by atoms with Gasteiger partial charge in [-0.15, -0.1) is 0 Å². The highest BCUT2D eigenvalue weighted by molar-refractivity contribution is 5.95. The van der Waals surface area contributed by atoms with Gasteiger partial charge in [-0.25, -0.2) is 4.79 Å². The van der Waals surface area contributed by atoms with E-state index in [0.717, 1.165) is 0 Å². The van der Waals surface area contributed by atoms with E-state index in [9.17, 15) is 9.59 Å². The van der Waals surface area contributed by atoms with Gasteiger partial charge >= 0.3 is 6.09 Å². The lowest BCUT2D eigenvalue weighted by molar-refractivity contribution is 0.0290. The number of hydrogen-bond donors (Lipinski definition) is 2. The topological polar surface area (TPSA) is 93.9 Å². The van der Waals surface area contributed by atoms with E-state index in [1.165, 1.54) is 7.11 Å². The van der Waals surface area contributed by atoms with Crippen LogP contribution in [-0.2, 0) is 4.74 Å². The van der Waals surface area contributed by atoms with Crippen LogP contribution in [-0.4, -0.2) is 48.7 Å². The number of benzene rings is 1. The predicted octanol–water partition coefficient (Wildman–Crippen LogP) is 2.02. The van der Waals surface area contributed by atoms with Gasteiger partial charge in [0.2, 0.25) is 0 Å². The van der Waals surface area contributed by atoms with Gasteiger partial charge in [0, 0.05) is 24.7 Å². The standard InChI is InChI=1S/C17H25N3O4/c1-17(2,3)24-16(22)20-8-7-12(10-20)19-15(21)11-5-6-14(23-4)13(18)9-11/h5-6,9,12H,7-8,10,18H2,1-4H3,(H,19,21). The van der Waals surface area contributed by atoms with E-state index in [4.69, 9.17) is 15.2 Å². The number of nitrogens with zero attached hydrogens (tertiary/aromatic N) is 1. The van der Waals surface area contributed by atoms with Crippen molar-refractivity contribution in [3.63, 3.8) is 0 Å². The number of ether oxygens (including phenoxy) is 2. The lowest BCUT2D eigenvalue weighted by Gasteiger charge is -2.24. The summed E-state index contributed by atoms with van der Waals surface area (Å²) >= 11 is 0. The lowest BCUT2D eigenvalue weighted by atomic mass is 10.1. The maximum atomic E-state index is 12.3. The molecule has 24 heavy (non-hydrogen) atoms. The monoisotopic (exact) mass is 335 g/mol. The van der Waals surface area contributed by atoms with Gasteiger partial charge < -0.3 is 25.4 Å². The number of rotatable bonds is 3. The van der Waals surface area contributed by atoms with E-state index in [1.54, 1.807) is 23.1 Å². The van der Waals surface area contributed by atoms with Crippen LogP contribution in [0.5, 0.6) is 5.75 Å². The van der Waals surface area contributed by atoms with Crippen LogP contribution < -0.4 is 15.8 Å². The van der Waals surface area contributed by atoms with E-state index in [1.807, 2.05) is 20.8 Å². The van der Waals surface area contributed by atoms with Crippen LogP contribution in [0.1, 0.15) is 37.6 Å². The summed E-state index contributed by atoms with van der Waals surface area (Å²) in [5.41, 5.74) is 6.17. The Morgan fingerprint density at radius 1 is 1.33 bits per heavy atom. The third kappa shape index (κ3) is 4.53.